The summed E-state index contributed by atoms with van der Waals surface area (Å²) >= 11 is 0. The summed E-state index contributed by atoms with van der Waals surface area (Å²) in [5, 5.41) is 7.34. The second-order valence-corrected chi connectivity index (χ2v) is 5.56. The largest absolute Gasteiger partial charge is 0.469 e. The summed E-state index contributed by atoms with van der Waals surface area (Å²) in [6.45, 7) is 1.99. The van der Waals surface area contributed by atoms with Crippen molar-refractivity contribution in [3.05, 3.63) is 17.5 Å². The third-order valence-corrected chi connectivity index (χ3v) is 4.08. The lowest BCUT2D eigenvalue weighted by Gasteiger charge is -2.27. The van der Waals surface area contributed by atoms with Gasteiger partial charge in [-0.05, 0) is 32.1 Å². The molecule has 0 atom stereocenters. The summed E-state index contributed by atoms with van der Waals surface area (Å²) in [5.41, 5.74) is 1.47. The van der Waals surface area contributed by atoms with Crippen molar-refractivity contribution in [2.24, 2.45) is 13.0 Å². The van der Waals surface area contributed by atoms with E-state index in [1.165, 1.54) is 7.11 Å². The molecule has 0 saturated heterocycles. The van der Waals surface area contributed by atoms with E-state index in [-0.39, 0.29) is 23.8 Å². The fourth-order valence-electron chi connectivity index (χ4n) is 2.89. The third-order valence-electron chi connectivity index (χ3n) is 4.08. The number of methoxy groups -OCH3 is 1. The Bertz CT molecular complexity index is 516. The van der Waals surface area contributed by atoms with Crippen LogP contribution in [0.5, 0.6) is 0 Å². The Morgan fingerprint density at radius 2 is 2.05 bits per heavy atom. The lowest BCUT2D eigenvalue weighted by molar-refractivity contribution is -0.146. The summed E-state index contributed by atoms with van der Waals surface area (Å²) < 4.78 is 6.44. The first-order chi connectivity index (χ1) is 10.0. The Balaban J connectivity index is 1.91. The standard InChI is InChI=1S/C15H23N3O3/c1-4-13-12(9-18(2)17-13)14(19)16-11-7-5-10(6-8-11)15(20)21-3/h9-11H,4-8H2,1-3H3,(H,16,19). The fourth-order valence-corrected chi connectivity index (χ4v) is 2.89. The van der Waals surface area contributed by atoms with Gasteiger partial charge in [0.25, 0.3) is 5.91 Å². The molecule has 0 bridgehead atoms. The maximum absolute atomic E-state index is 12.3. The van der Waals surface area contributed by atoms with Crippen molar-refractivity contribution in [1.29, 1.82) is 0 Å². The Kier molecular flexibility index (Phi) is 4.98. The van der Waals surface area contributed by atoms with Crippen molar-refractivity contribution in [3.63, 3.8) is 0 Å². The average Bonchev–Trinajstić information content (AvgIpc) is 2.88. The van der Waals surface area contributed by atoms with E-state index in [1.54, 1.807) is 10.9 Å². The molecule has 1 fully saturated rings. The van der Waals surface area contributed by atoms with Gasteiger partial charge in [-0.1, -0.05) is 6.92 Å². The lowest BCUT2D eigenvalue weighted by Crippen LogP contribution is -2.39. The molecule has 1 saturated carbocycles. The van der Waals surface area contributed by atoms with Gasteiger partial charge in [-0.3, -0.25) is 14.3 Å². The quantitative estimate of drug-likeness (QED) is 0.853. The second kappa shape index (κ2) is 6.74. The molecule has 0 aliphatic heterocycles. The first-order valence-corrected chi connectivity index (χ1v) is 7.46. The van der Waals surface area contributed by atoms with Gasteiger partial charge in [-0.2, -0.15) is 5.10 Å². The highest BCUT2D eigenvalue weighted by Gasteiger charge is 2.28. The topological polar surface area (TPSA) is 73.2 Å². The number of carbonyl (C=O) groups is 2. The van der Waals surface area contributed by atoms with E-state index in [0.29, 0.717) is 5.56 Å². The van der Waals surface area contributed by atoms with Crippen LogP contribution < -0.4 is 5.32 Å². The molecule has 1 aliphatic rings. The van der Waals surface area contributed by atoms with Gasteiger partial charge in [0.1, 0.15) is 0 Å². The van der Waals surface area contributed by atoms with Crippen LogP contribution in [-0.4, -0.2) is 34.8 Å². The summed E-state index contributed by atoms with van der Waals surface area (Å²) in [6, 6.07) is 0.128. The maximum atomic E-state index is 12.3. The zero-order valence-electron chi connectivity index (χ0n) is 12.9. The van der Waals surface area contributed by atoms with Gasteiger partial charge >= 0.3 is 5.97 Å². The zero-order chi connectivity index (χ0) is 15.4. The third kappa shape index (κ3) is 3.62. The molecule has 2 rings (SSSR count). The van der Waals surface area contributed by atoms with Crippen molar-refractivity contribution in [3.8, 4) is 0 Å². The number of hydrogen-bond donors (Lipinski definition) is 1. The molecule has 21 heavy (non-hydrogen) atoms. The first kappa shape index (κ1) is 15.5. The number of esters is 1. The van der Waals surface area contributed by atoms with Gasteiger partial charge in [0.2, 0.25) is 0 Å². The van der Waals surface area contributed by atoms with E-state index in [1.807, 2.05) is 14.0 Å². The molecule has 6 nitrogen and oxygen atoms in total. The van der Waals surface area contributed by atoms with Crippen LogP contribution in [0.25, 0.3) is 0 Å². The van der Waals surface area contributed by atoms with E-state index >= 15 is 0 Å². The fraction of sp³-hybridized carbons (Fsp3) is 0.667. The molecule has 1 N–H and O–H groups in total. The molecule has 0 unspecified atom stereocenters. The maximum Gasteiger partial charge on any atom is 0.308 e. The van der Waals surface area contributed by atoms with Crippen LogP contribution in [0.2, 0.25) is 0 Å². The van der Waals surface area contributed by atoms with Gasteiger partial charge in [-0.25, -0.2) is 0 Å². The normalized spacial score (nSPS) is 21.9. The van der Waals surface area contributed by atoms with Gasteiger partial charge in [0, 0.05) is 19.3 Å². The highest BCUT2D eigenvalue weighted by molar-refractivity contribution is 5.95. The highest BCUT2D eigenvalue weighted by Crippen LogP contribution is 2.25. The van der Waals surface area contributed by atoms with Gasteiger partial charge in [-0.15, -0.1) is 0 Å². The number of hydrogen-bond acceptors (Lipinski definition) is 4. The van der Waals surface area contributed by atoms with Crippen LogP contribution in [-0.2, 0) is 23.0 Å². The van der Waals surface area contributed by atoms with Crippen LogP contribution in [0, 0.1) is 5.92 Å². The van der Waals surface area contributed by atoms with Crippen LogP contribution in [0.4, 0.5) is 0 Å². The number of nitrogens with one attached hydrogen (secondary N) is 1. The number of amides is 1. The van der Waals surface area contributed by atoms with E-state index < -0.39 is 0 Å². The number of aryl methyl sites for hydroxylation is 2. The van der Waals surface area contributed by atoms with Crippen LogP contribution in [0.3, 0.4) is 0 Å². The minimum Gasteiger partial charge on any atom is -0.469 e. The van der Waals surface area contributed by atoms with Crippen molar-refractivity contribution in [2.45, 2.75) is 45.1 Å². The summed E-state index contributed by atoms with van der Waals surface area (Å²) in [4.78, 5) is 23.8. The molecule has 0 aromatic carbocycles. The molecule has 0 spiro atoms. The van der Waals surface area contributed by atoms with Gasteiger partial charge in [0.05, 0.1) is 24.3 Å². The number of rotatable bonds is 4. The average molecular weight is 293 g/mol. The van der Waals surface area contributed by atoms with Crippen LogP contribution >= 0.6 is 0 Å². The molecule has 6 heteroatoms. The van der Waals surface area contributed by atoms with E-state index in [9.17, 15) is 9.59 Å². The second-order valence-electron chi connectivity index (χ2n) is 5.56. The molecular formula is C15H23N3O3. The Morgan fingerprint density at radius 3 is 2.62 bits per heavy atom. The minimum atomic E-state index is -0.139. The molecule has 1 heterocycles. The van der Waals surface area contributed by atoms with Crippen LogP contribution in [0.15, 0.2) is 6.20 Å². The Labute approximate surface area is 124 Å². The predicted molar refractivity (Wildman–Crippen MR) is 77.8 cm³/mol. The van der Waals surface area contributed by atoms with Gasteiger partial charge < -0.3 is 10.1 Å². The summed E-state index contributed by atoms with van der Waals surface area (Å²) in [6.07, 6.45) is 5.66. The Hall–Kier alpha value is -1.85. The van der Waals surface area contributed by atoms with Crippen molar-refractivity contribution in [1.82, 2.24) is 15.1 Å². The predicted octanol–water partition coefficient (Wildman–Crippen LogP) is 1.44. The van der Waals surface area contributed by atoms with E-state index in [4.69, 9.17) is 4.74 Å². The Morgan fingerprint density at radius 1 is 1.38 bits per heavy atom. The number of carbonyl (C=O) groups excluding carboxylic acids is 2. The molecule has 1 aromatic rings. The molecular weight excluding hydrogens is 270 g/mol. The van der Waals surface area contributed by atoms with E-state index in [0.717, 1.165) is 37.8 Å². The molecule has 1 aliphatic carbocycles. The van der Waals surface area contributed by atoms with Crippen molar-refractivity contribution in [2.75, 3.05) is 7.11 Å². The van der Waals surface area contributed by atoms with E-state index in [2.05, 4.69) is 10.4 Å². The first-order valence-electron chi connectivity index (χ1n) is 7.46. The number of aromatic nitrogens is 2. The summed E-state index contributed by atoms with van der Waals surface area (Å²) in [7, 11) is 3.24. The highest BCUT2D eigenvalue weighted by atomic mass is 16.5. The number of nitrogens with zero attached hydrogens (tertiary/aromatic N) is 2. The van der Waals surface area contributed by atoms with Crippen LogP contribution in [0.1, 0.15) is 48.7 Å². The molecule has 1 aromatic heterocycles. The lowest BCUT2D eigenvalue weighted by atomic mass is 9.86. The zero-order valence-corrected chi connectivity index (χ0v) is 12.9. The smallest absolute Gasteiger partial charge is 0.308 e. The molecule has 116 valence electrons. The SMILES string of the molecule is CCc1nn(C)cc1C(=O)NC1CCC(C(=O)OC)CC1. The monoisotopic (exact) mass is 293 g/mol. The van der Waals surface area contributed by atoms with Gasteiger partial charge in [0.15, 0.2) is 0 Å². The minimum absolute atomic E-state index is 0.0206. The molecule has 1 amide bonds. The molecule has 0 radical (unpaired) electrons. The van der Waals surface area contributed by atoms with Crippen molar-refractivity contribution < 1.29 is 14.3 Å². The summed E-state index contributed by atoms with van der Waals surface area (Å²) in [5.74, 6) is -0.227. The van der Waals surface area contributed by atoms with Crippen molar-refractivity contribution >= 4 is 11.9 Å². The number of ether oxygens (including phenoxy) is 1.